The van der Waals surface area contributed by atoms with Crippen LogP contribution in [0.2, 0.25) is 0 Å². The molecule has 16 heavy (non-hydrogen) atoms. The maximum atomic E-state index is 5.85. The Bertz CT molecular complexity index is 501. The van der Waals surface area contributed by atoms with Crippen LogP contribution in [0.25, 0.3) is 11.1 Å². The van der Waals surface area contributed by atoms with Crippen LogP contribution in [0.15, 0.2) is 22.7 Å². The average Bonchev–Trinajstić information content (AvgIpc) is 2.88. The number of ether oxygens (including phenoxy) is 1. The van der Waals surface area contributed by atoms with E-state index in [2.05, 4.69) is 4.98 Å². The van der Waals surface area contributed by atoms with Crippen molar-refractivity contribution in [2.45, 2.75) is 25.4 Å². The summed E-state index contributed by atoms with van der Waals surface area (Å²) in [6.07, 6.45) is 5.03. The van der Waals surface area contributed by atoms with Crippen molar-refractivity contribution in [3.8, 4) is 0 Å². The Balaban J connectivity index is 1.90. The lowest BCUT2D eigenvalue weighted by molar-refractivity contribution is 0.107. The predicted octanol–water partition coefficient (Wildman–Crippen LogP) is 2.13. The molecule has 0 radical (unpaired) electrons. The average molecular weight is 218 g/mol. The first-order valence-electron chi connectivity index (χ1n) is 5.57. The first-order valence-corrected chi connectivity index (χ1v) is 5.57. The molecule has 1 atom stereocenters. The first-order chi connectivity index (χ1) is 7.83. The number of fused-ring (bicyclic) bond motifs is 1. The molecule has 1 fully saturated rings. The summed E-state index contributed by atoms with van der Waals surface area (Å²) in [5.41, 5.74) is 7.18. The highest BCUT2D eigenvalue weighted by molar-refractivity contribution is 5.86. The van der Waals surface area contributed by atoms with Crippen molar-refractivity contribution < 1.29 is 9.15 Å². The van der Waals surface area contributed by atoms with Crippen molar-refractivity contribution in [2.24, 2.45) is 0 Å². The first kappa shape index (κ1) is 9.66. The number of furan rings is 1. The highest BCUT2D eigenvalue weighted by atomic mass is 16.5. The van der Waals surface area contributed by atoms with E-state index in [-0.39, 0.29) is 0 Å². The van der Waals surface area contributed by atoms with Gasteiger partial charge in [-0.1, -0.05) is 0 Å². The highest BCUT2D eigenvalue weighted by Crippen LogP contribution is 2.25. The van der Waals surface area contributed by atoms with Crippen LogP contribution < -0.4 is 5.73 Å². The SMILES string of the molecule is Nc1ccnc2oc(C[C@@H]3CCCO3)cc12. The van der Waals surface area contributed by atoms with E-state index in [1.54, 1.807) is 12.3 Å². The van der Waals surface area contributed by atoms with Crippen molar-refractivity contribution in [1.82, 2.24) is 4.98 Å². The third kappa shape index (κ3) is 1.65. The van der Waals surface area contributed by atoms with E-state index >= 15 is 0 Å². The highest BCUT2D eigenvalue weighted by Gasteiger charge is 2.18. The quantitative estimate of drug-likeness (QED) is 0.838. The van der Waals surface area contributed by atoms with Crippen LogP contribution in [0.3, 0.4) is 0 Å². The molecule has 4 heteroatoms. The van der Waals surface area contributed by atoms with Crippen molar-refractivity contribution in [3.05, 3.63) is 24.1 Å². The Hall–Kier alpha value is -1.55. The molecule has 0 aliphatic carbocycles. The largest absolute Gasteiger partial charge is 0.443 e. The molecule has 1 aliphatic rings. The smallest absolute Gasteiger partial charge is 0.228 e. The van der Waals surface area contributed by atoms with Gasteiger partial charge in [0, 0.05) is 24.9 Å². The zero-order chi connectivity index (χ0) is 11.0. The molecular formula is C12H14N2O2. The fourth-order valence-electron chi connectivity index (χ4n) is 2.14. The van der Waals surface area contributed by atoms with E-state index in [1.165, 1.54) is 0 Å². The minimum atomic E-state index is 0.293. The van der Waals surface area contributed by atoms with Gasteiger partial charge < -0.3 is 14.9 Å². The molecule has 0 unspecified atom stereocenters. The van der Waals surface area contributed by atoms with Gasteiger partial charge in [0.2, 0.25) is 5.71 Å². The number of anilines is 1. The lowest BCUT2D eigenvalue weighted by atomic mass is 10.1. The number of hydrogen-bond acceptors (Lipinski definition) is 4. The van der Waals surface area contributed by atoms with E-state index in [4.69, 9.17) is 14.9 Å². The van der Waals surface area contributed by atoms with Gasteiger partial charge in [0.1, 0.15) is 5.76 Å². The second-order valence-corrected chi connectivity index (χ2v) is 4.17. The van der Waals surface area contributed by atoms with Crippen LogP contribution in [0, 0.1) is 0 Å². The summed E-state index contributed by atoms with van der Waals surface area (Å²) < 4.78 is 11.2. The monoisotopic (exact) mass is 218 g/mol. The number of nitrogen functional groups attached to an aromatic ring is 1. The van der Waals surface area contributed by atoms with Crippen LogP contribution in [0.1, 0.15) is 18.6 Å². The van der Waals surface area contributed by atoms with Crippen LogP contribution in [0.4, 0.5) is 5.69 Å². The molecule has 2 aromatic heterocycles. The number of rotatable bonds is 2. The second kappa shape index (κ2) is 3.79. The second-order valence-electron chi connectivity index (χ2n) is 4.17. The Morgan fingerprint density at radius 3 is 3.19 bits per heavy atom. The van der Waals surface area contributed by atoms with E-state index in [1.807, 2.05) is 6.07 Å². The lowest BCUT2D eigenvalue weighted by Crippen LogP contribution is -2.07. The normalized spacial score (nSPS) is 20.6. The summed E-state index contributed by atoms with van der Waals surface area (Å²) in [5.74, 6) is 0.910. The van der Waals surface area contributed by atoms with Crippen LogP contribution in [-0.4, -0.2) is 17.7 Å². The molecule has 1 saturated heterocycles. The van der Waals surface area contributed by atoms with Gasteiger partial charge in [-0.3, -0.25) is 0 Å². The summed E-state index contributed by atoms with van der Waals surface area (Å²) in [6.45, 7) is 0.866. The fourth-order valence-corrected chi connectivity index (χ4v) is 2.14. The molecule has 0 amide bonds. The van der Waals surface area contributed by atoms with Crippen molar-refractivity contribution in [3.63, 3.8) is 0 Å². The molecule has 3 rings (SSSR count). The molecule has 2 aromatic rings. The lowest BCUT2D eigenvalue weighted by Gasteiger charge is -2.05. The Morgan fingerprint density at radius 2 is 2.44 bits per heavy atom. The third-order valence-corrected chi connectivity index (χ3v) is 2.97. The third-order valence-electron chi connectivity index (χ3n) is 2.97. The summed E-state index contributed by atoms with van der Waals surface area (Å²) in [4.78, 5) is 4.15. The molecule has 84 valence electrons. The minimum Gasteiger partial charge on any atom is -0.443 e. The standard InChI is InChI=1S/C12H14N2O2/c13-11-3-4-14-12-10(11)7-9(16-12)6-8-2-1-5-15-8/h3-4,7-8H,1-2,5-6H2,(H2,13,14)/t8-/m0/s1. The molecule has 2 N–H and O–H groups in total. The molecule has 4 nitrogen and oxygen atoms in total. The Labute approximate surface area is 93.4 Å². The Morgan fingerprint density at radius 1 is 1.50 bits per heavy atom. The minimum absolute atomic E-state index is 0.293. The summed E-state index contributed by atoms with van der Waals surface area (Å²) in [7, 11) is 0. The van der Waals surface area contributed by atoms with Crippen LogP contribution >= 0.6 is 0 Å². The predicted molar refractivity (Wildman–Crippen MR) is 61.1 cm³/mol. The van der Waals surface area contributed by atoms with E-state index in [0.717, 1.165) is 37.0 Å². The van der Waals surface area contributed by atoms with Crippen molar-refractivity contribution >= 4 is 16.8 Å². The van der Waals surface area contributed by atoms with Gasteiger partial charge in [-0.15, -0.1) is 0 Å². The molecule has 0 aromatic carbocycles. The number of nitrogens with zero attached hydrogens (tertiary/aromatic N) is 1. The van der Waals surface area contributed by atoms with Gasteiger partial charge in [0.25, 0.3) is 0 Å². The van der Waals surface area contributed by atoms with Crippen molar-refractivity contribution in [2.75, 3.05) is 12.3 Å². The fraction of sp³-hybridized carbons (Fsp3) is 0.417. The zero-order valence-electron chi connectivity index (χ0n) is 8.98. The van der Waals surface area contributed by atoms with Gasteiger partial charge in [-0.2, -0.15) is 0 Å². The molecule has 0 spiro atoms. The Kier molecular flexibility index (Phi) is 2.29. The maximum Gasteiger partial charge on any atom is 0.228 e. The van der Waals surface area contributed by atoms with Crippen molar-refractivity contribution in [1.29, 1.82) is 0 Å². The molecule has 1 aliphatic heterocycles. The summed E-state index contributed by atoms with van der Waals surface area (Å²) in [6, 6.07) is 3.76. The maximum absolute atomic E-state index is 5.85. The number of pyridine rings is 1. The number of aromatic nitrogens is 1. The van der Waals surface area contributed by atoms with Crippen LogP contribution in [0.5, 0.6) is 0 Å². The van der Waals surface area contributed by atoms with Gasteiger partial charge in [0.15, 0.2) is 0 Å². The van der Waals surface area contributed by atoms with E-state index in [0.29, 0.717) is 17.5 Å². The number of nitrogens with two attached hydrogens (primary N) is 1. The van der Waals surface area contributed by atoms with Gasteiger partial charge in [0.05, 0.1) is 11.5 Å². The van der Waals surface area contributed by atoms with Gasteiger partial charge in [-0.05, 0) is 25.0 Å². The summed E-state index contributed by atoms with van der Waals surface area (Å²) >= 11 is 0. The molecule has 0 saturated carbocycles. The van der Waals surface area contributed by atoms with Gasteiger partial charge in [-0.25, -0.2) is 4.98 Å². The molecule has 0 bridgehead atoms. The van der Waals surface area contributed by atoms with E-state index in [9.17, 15) is 0 Å². The van der Waals surface area contributed by atoms with Crippen LogP contribution in [-0.2, 0) is 11.2 Å². The summed E-state index contributed by atoms with van der Waals surface area (Å²) in [5, 5.41) is 0.899. The zero-order valence-corrected chi connectivity index (χ0v) is 8.98. The van der Waals surface area contributed by atoms with Gasteiger partial charge >= 0.3 is 0 Å². The number of hydrogen-bond donors (Lipinski definition) is 1. The molecular weight excluding hydrogens is 204 g/mol. The molecule has 3 heterocycles. The topological polar surface area (TPSA) is 61.3 Å². The van der Waals surface area contributed by atoms with E-state index < -0.39 is 0 Å².